The Morgan fingerprint density at radius 3 is 2.47 bits per heavy atom. The molecule has 2 saturated heterocycles. The molecule has 19 heavy (non-hydrogen) atoms. The molecule has 2 rings (SSSR count). The molecule has 0 bridgehead atoms. The van der Waals surface area contributed by atoms with Gasteiger partial charge in [-0.25, -0.2) is 0 Å². The highest BCUT2D eigenvalue weighted by Gasteiger charge is 2.29. The molecule has 4 heteroatoms. The third kappa shape index (κ3) is 4.77. The Balaban J connectivity index is 1.69. The SMILES string of the molecule is CC(C)(C)OC(=O)CN1CCC(C2CCCN2)CC1. The molecule has 0 radical (unpaired) electrons. The van der Waals surface area contributed by atoms with Crippen molar-refractivity contribution in [3.63, 3.8) is 0 Å². The summed E-state index contributed by atoms with van der Waals surface area (Å²) in [6, 6.07) is 0.726. The minimum atomic E-state index is -0.372. The van der Waals surface area contributed by atoms with Crippen molar-refractivity contribution < 1.29 is 9.53 Å². The molecule has 0 aromatic heterocycles. The maximum Gasteiger partial charge on any atom is 0.320 e. The van der Waals surface area contributed by atoms with Crippen molar-refractivity contribution in [3.8, 4) is 0 Å². The molecule has 110 valence electrons. The van der Waals surface area contributed by atoms with E-state index in [1.54, 1.807) is 0 Å². The van der Waals surface area contributed by atoms with Crippen LogP contribution in [0.2, 0.25) is 0 Å². The van der Waals surface area contributed by atoms with E-state index >= 15 is 0 Å². The highest BCUT2D eigenvalue weighted by molar-refractivity contribution is 5.72. The van der Waals surface area contributed by atoms with E-state index in [1.165, 1.54) is 32.2 Å². The number of carbonyl (C=O) groups excluding carboxylic acids is 1. The van der Waals surface area contributed by atoms with Gasteiger partial charge < -0.3 is 10.1 Å². The minimum Gasteiger partial charge on any atom is -0.459 e. The first-order valence-electron chi connectivity index (χ1n) is 7.61. The number of rotatable bonds is 3. The number of hydrogen-bond donors (Lipinski definition) is 1. The molecular weight excluding hydrogens is 240 g/mol. The predicted octanol–water partition coefficient (Wildman–Crippen LogP) is 1.79. The van der Waals surface area contributed by atoms with Crippen LogP contribution in [0.15, 0.2) is 0 Å². The molecule has 1 unspecified atom stereocenters. The number of carbonyl (C=O) groups is 1. The van der Waals surface area contributed by atoms with E-state index in [0.717, 1.165) is 25.0 Å². The van der Waals surface area contributed by atoms with Gasteiger partial charge in [-0.15, -0.1) is 0 Å². The minimum absolute atomic E-state index is 0.0926. The second-order valence-electron chi connectivity index (χ2n) is 6.90. The van der Waals surface area contributed by atoms with Crippen molar-refractivity contribution in [1.82, 2.24) is 10.2 Å². The Kier molecular flexibility index (Phi) is 4.85. The van der Waals surface area contributed by atoms with E-state index in [1.807, 2.05) is 20.8 Å². The molecule has 2 aliphatic rings. The van der Waals surface area contributed by atoms with E-state index < -0.39 is 0 Å². The fourth-order valence-electron chi connectivity index (χ4n) is 3.18. The first kappa shape index (κ1) is 14.8. The molecular formula is C15H28N2O2. The highest BCUT2D eigenvalue weighted by Crippen LogP contribution is 2.25. The summed E-state index contributed by atoms with van der Waals surface area (Å²) in [5.41, 5.74) is -0.372. The highest BCUT2D eigenvalue weighted by atomic mass is 16.6. The lowest BCUT2D eigenvalue weighted by molar-refractivity contribution is -0.156. The molecule has 0 aromatic rings. The molecule has 0 saturated carbocycles. The monoisotopic (exact) mass is 268 g/mol. The van der Waals surface area contributed by atoms with Gasteiger partial charge in [-0.2, -0.15) is 0 Å². The van der Waals surface area contributed by atoms with Gasteiger partial charge in [0, 0.05) is 6.04 Å². The van der Waals surface area contributed by atoms with E-state index in [9.17, 15) is 4.79 Å². The zero-order valence-corrected chi connectivity index (χ0v) is 12.6. The van der Waals surface area contributed by atoms with Gasteiger partial charge in [0.15, 0.2) is 0 Å². The van der Waals surface area contributed by atoms with Gasteiger partial charge in [0.25, 0.3) is 0 Å². The summed E-state index contributed by atoms with van der Waals surface area (Å²) in [4.78, 5) is 14.0. The number of nitrogens with one attached hydrogen (secondary N) is 1. The molecule has 2 fully saturated rings. The normalized spacial score (nSPS) is 26.6. The summed E-state index contributed by atoms with van der Waals surface area (Å²) in [7, 11) is 0. The van der Waals surface area contributed by atoms with Crippen molar-refractivity contribution in [2.75, 3.05) is 26.2 Å². The molecule has 0 spiro atoms. The van der Waals surface area contributed by atoms with E-state index in [0.29, 0.717) is 6.54 Å². The quantitative estimate of drug-likeness (QED) is 0.792. The smallest absolute Gasteiger partial charge is 0.320 e. The molecule has 1 atom stereocenters. The van der Waals surface area contributed by atoms with Crippen LogP contribution in [0.3, 0.4) is 0 Å². The molecule has 0 aliphatic carbocycles. The maximum absolute atomic E-state index is 11.8. The standard InChI is InChI=1S/C15H28N2O2/c1-15(2,3)19-14(18)11-17-9-6-12(7-10-17)13-5-4-8-16-13/h12-13,16H,4-11H2,1-3H3. The fraction of sp³-hybridized carbons (Fsp3) is 0.933. The second-order valence-corrected chi connectivity index (χ2v) is 6.90. The Hall–Kier alpha value is -0.610. The van der Waals surface area contributed by atoms with Gasteiger partial charge in [0.1, 0.15) is 5.60 Å². The zero-order valence-electron chi connectivity index (χ0n) is 12.6. The van der Waals surface area contributed by atoms with Crippen LogP contribution in [0.25, 0.3) is 0 Å². The number of esters is 1. The number of likely N-dealkylation sites (tertiary alicyclic amines) is 1. The van der Waals surface area contributed by atoms with E-state index in [2.05, 4.69) is 10.2 Å². The molecule has 0 amide bonds. The van der Waals surface area contributed by atoms with Crippen LogP contribution in [0, 0.1) is 5.92 Å². The Labute approximate surface area is 116 Å². The van der Waals surface area contributed by atoms with Crippen LogP contribution in [-0.4, -0.2) is 48.7 Å². The first-order chi connectivity index (χ1) is 8.94. The number of ether oxygens (including phenoxy) is 1. The number of hydrogen-bond acceptors (Lipinski definition) is 4. The van der Waals surface area contributed by atoms with E-state index in [-0.39, 0.29) is 11.6 Å². The van der Waals surface area contributed by atoms with Crippen molar-refractivity contribution in [3.05, 3.63) is 0 Å². The summed E-state index contributed by atoms with van der Waals surface area (Å²) < 4.78 is 5.37. The van der Waals surface area contributed by atoms with Gasteiger partial charge in [-0.05, 0) is 72.0 Å². The largest absolute Gasteiger partial charge is 0.459 e. The topological polar surface area (TPSA) is 41.6 Å². The van der Waals surface area contributed by atoms with Crippen molar-refractivity contribution >= 4 is 5.97 Å². The number of piperidine rings is 1. The lowest BCUT2D eigenvalue weighted by Crippen LogP contribution is -2.43. The fourth-order valence-corrected chi connectivity index (χ4v) is 3.18. The predicted molar refractivity (Wildman–Crippen MR) is 76.0 cm³/mol. The van der Waals surface area contributed by atoms with Crippen LogP contribution in [-0.2, 0) is 9.53 Å². The van der Waals surface area contributed by atoms with Crippen LogP contribution in [0.1, 0.15) is 46.5 Å². The molecule has 2 heterocycles. The van der Waals surface area contributed by atoms with Crippen molar-refractivity contribution in [2.24, 2.45) is 5.92 Å². The molecule has 2 aliphatic heterocycles. The zero-order chi connectivity index (χ0) is 13.9. The third-order valence-electron chi connectivity index (χ3n) is 4.07. The average Bonchev–Trinajstić information content (AvgIpc) is 2.80. The van der Waals surface area contributed by atoms with E-state index in [4.69, 9.17) is 4.74 Å². The van der Waals surface area contributed by atoms with Gasteiger partial charge in [0.05, 0.1) is 6.54 Å². The average molecular weight is 268 g/mol. The van der Waals surface area contributed by atoms with Gasteiger partial charge >= 0.3 is 5.97 Å². The van der Waals surface area contributed by atoms with Crippen molar-refractivity contribution in [1.29, 1.82) is 0 Å². The molecule has 0 aromatic carbocycles. The van der Waals surface area contributed by atoms with Gasteiger partial charge in [-0.3, -0.25) is 9.69 Å². The lowest BCUT2D eigenvalue weighted by Gasteiger charge is -2.34. The van der Waals surface area contributed by atoms with Gasteiger partial charge in [0.2, 0.25) is 0 Å². The molecule has 1 N–H and O–H groups in total. The van der Waals surface area contributed by atoms with Crippen LogP contribution in [0.4, 0.5) is 0 Å². The Morgan fingerprint density at radius 2 is 1.95 bits per heavy atom. The summed E-state index contributed by atoms with van der Waals surface area (Å²) in [6.45, 7) is 9.45. The summed E-state index contributed by atoms with van der Waals surface area (Å²) >= 11 is 0. The molecule has 4 nitrogen and oxygen atoms in total. The number of nitrogens with zero attached hydrogens (tertiary/aromatic N) is 1. The first-order valence-corrected chi connectivity index (χ1v) is 7.61. The van der Waals surface area contributed by atoms with Crippen LogP contribution >= 0.6 is 0 Å². The summed E-state index contributed by atoms with van der Waals surface area (Å²) in [6.07, 6.45) is 5.07. The van der Waals surface area contributed by atoms with Crippen molar-refractivity contribution in [2.45, 2.75) is 58.1 Å². The summed E-state index contributed by atoms with van der Waals surface area (Å²) in [5.74, 6) is 0.710. The summed E-state index contributed by atoms with van der Waals surface area (Å²) in [5, 5.41) is 3.60. The Bertz CT molecular complexity index is 298. The maximum atomic E-state index is 11.8. The second kappa shape index (κ2) is 6.23. The Morgan fingerprint density at radius 1 is 1.26 bits per heavy atom. The third-order valence-corrected chi connectivity index (χ3v) is 4.07. The van der Waals surface area contributed by atoms with Crippen LogP contribution in [0.5, 0.6) is 0 Å². The van der Waals surface area contributed by atoms with Gasteiger partial charge in [-0.1, -0.05) is 0 Å². The van der Waals surface area contributed by atoms with Crippen LogP contribution < -0.4 is 5.32 Å². The lowest BCUT2D eigenvalue weighted by atomic mass is 9.88.